The molecule has 2 amide bonds. The normalized spacial score (nSPS) is 9.44. The third-order valence-corrected chi connectivity index (χ3v) is 2.17. The number of halogens is 2. The first-order chi connectivity index (χ1) is 8.43. The third-order valence-electron chi connectivity index (χ3n) is 1.88. The summed E-state index contributed by atoms with van der Waals surface area (Å²) in [7, 11) is 0. The summed E-state index contributed by atoms with van der Waals surface area (Å²) in [4.78, 5) is 22.2. The van der Waals surface area contributed by atoms with E-state index in [9.17, 15) is 14.0 Å². The van der Waals surface area contributed by atoms with E-state index in [2.05, 4.69) is 10.6 Å². The van der Waals surface area contributed by atoms with Crippen LogP contribution in [0.2, 0.25) is 5.02 Å². The fraction of sp³-hybridized carbons (Fsp3) is 0.182. The Morgan fingerprint density at radius 2 is 2.00 bits per heavy atom. The molecule has 1 aromatic carbocycles. The van der Waals surface area contributed by atoms with E-state index in [-0.39, 0.29) is 22.8 Å². The van der Waals surface area contributed by atoms with Crippen LogP contribution in [0.3, 0.4) is 0 Å². The average molecular weight is 270 g/mol. The van der Waals surface area contributed by atoms with Crippen LogP contribution in [0.1, 0.15) is 13.3 Å². The van der Waals surface area contributed by atoms with E-state index < -0.39 is 17.6 Å². The monoisotopic (exact) mass is 269 g/mol. The molecule has 0 radical (unpaired) electrons. The van der Waals surface area contributed by atoms with Gasteiger partial charge in [-0.2, -0.15) is 5.26 Å². The van der Waals surface area contributed by atoms with E-state index in [0.717, 1.165) is 6.07 Å². The molecule has 0 atom stereocenters. The summed E-state index contributed by atoms with van der Waals surface area (Å²) in [6, 6.07) is 3.81. The van der Waals surface area contributed by atoms with Crippen molar-refractivity contribution in [2.45, 2.75) is 13.3 Å². The Morgan fingerprint density at radius 1 is 1.39 bits per heavy atom. The highest BCUT2D eigenvalue weighted by atomic mass is 35.5. The molecule has 0 bridgehead atoms. The van der Waals surface area contributed by atoms with E-state index >= 15 is 0 Å². The molecule has 0 unspecified atom stereocenters. The smallest absolute Gasteiger partial charge is 0.238 e. The van der Waals surface area contributed by atoms with E-state index in [4.69, 9.17) is 16.9 Å². The van der Waals surface area contributed by atoms with E-state index in [1.165, 1.54) is 13.0 Å². The summed E-state index contributed by atoms with van der Waals surface area (Å²) in [6.45, 7) is 1.26. The van der Waals surface area contributed by atoms with Crippen LogP contribution in [-0.4, -0.2) is 11.8 Å². The minimum absolute atomic E-state index is 0.0485. The number of nitrogens with one attached hydrogen (secondary N) is 2. The van der Waals surface area contributed by atoms with Crippen molar-refractivity contribution in [3.05, 3.63) is 23.0 Å². The van der Waals surface area contributed by atoms with E-state index in [0.29, 0.717) is 0 Å². The van der Waals surface area contributed by atoms with Crippen molar-refractivity contribution in [1.29, 1.82) is 5.26 Å². The van der Waals surface area contributed by atoms with Gasteiger partial charge in [0, 0.05) is 13.0 Å². The maximum absolute atomic E-state index is 13.3. The van der Waals surface area contributed by atoms with Crippen molar-refractivity contribution >= 4 is 34.8 Å². The predicted molar refractivity (Wildman–Crippen MR) is 64.6 cm³/mol. The molecular formula is C11H9ClFN3O2. The largest absolute Gasteiger partial charge is 0.324 e. The number of benzene rings is 1. The third kappa shape index (κ3) is 3.71. The molecule has 2 N–H and O–H groups in total. The molecular weight excluding hydrogens is 261 g/mol. The predicted octanol–water partition coefficient (Wildman–Crippen LogP) is 2.29. The first kappa shape index (κ1) is 13.9. The highest BCUT2D eigenvalue weighted by molar-refractivity contribution is 6.31. The number of rotatable bonds is 3. The van der Waals surface area contributed by atoms with E-state index in [1.54, 1.807) is 6.07 Å². The van der Waals surface area contributed by atoms with Crippen LogP contribution >= 0.6 is 11.6 Å². The highest BCUT2D eigenvalue weighted by Gasteiger charge is 2.12. The summed E-state index contributed by atoms with van der Waals surface area (Å²) < 4.78 is 13.3. The second-order valence-corrected chi connectivity index (χ2v) is 3.78. The Morgan fingerprint density at radius 3 is 2.56 bits per heavy atom. The lowest BCUT2D eigenvalue weighted by Crippen LogP contribution is -2.14. The Balaban J connectivity index is 3.07. The van der Waals surface area contributed by atoms with Gasteiger partial charge in [-0.1, -0.05) is 11.6 Å². The molecule has 0 fully saturated rings. The maximum Gasteiger partial charge on any atom is 0.238 e. The molecule has 0 aromatic heterocycles. The lowest BCUT2D eigenvalue weighted by atomic mass is 10.2. The Labute approximate surface area is 108 Å². The summed E-state index contributed by atoms with van der Waals surface area (Å²) in [5.74, 6) is -1.74. The molecule has 0 saturated heterocycles. The second-order valence-electron chi connectivity index (χ2n) is 3.38. The summed E-state index contributed by atoms with van der Waals surface area (Å²) in [5.41, 5.74) is 0.215. The van der Waals surface area contributed by atoms with Crippen molar-refractivity contribution in [3.63, 3.8) is 0 Å². The number of nitriles is 1. The molecule has 0 aliphatic heterocycles. The maximum atomic E-state index is 13.3. The van der Waals surface area contributed by atoms with Crippen LogP contribution in [0.5, 0.6) is 0 Å². The Kier molecular flexibility index (Phi) is 4.63. The number of anilines is 2. The van der Waals surface area contributed by atoms with Crippen molar-refractivity contribution in [2.75, 3.05) is 10.6 Å². The lowest BCUT2D eigenvalue weighted by molar-refractivity contribution is -0.115. The quantitative estimate of drug-likeness (QED) is 0.883. The molecule has 1 rings (SSSR count). The molecule has 18 heavy (non-hydrogen) atoms. The number of hydrogen-bond acceptors (Lipinski definition) is 3. The van der Waals surface area contributed by atoms with Crippen LogP contribution in [0.25, 0.3) is 0 Å². The van der Waals surface area contributed by atoms with E-state index in [1.807, 2.05) is 0 Å². The molecule has 0 saturated carbocycles. The Hall–Kier alpha value is -2.13. The SMILES string of the molecule is CC(=O)Nc1cc(Cl)c(F)cc1NC(=O)CC#N. The number of carbonyl (C=O) groups is 2. The molecule has 0 aliphatic carbocycles. The van der Waals surface area contributed by atoms with Crippen LogP contribution in [0.4, 0.5) is 15.8 Å². The van der Waals surface area contributed by atoms with Crippen molar-refractivity contribution in [2.24, 2.45) is 0 Å². The van der Waals surface area contributed by atoms with Gasteiger partial charge in [0.05, 0.1) is 22.5 Å². The molecule has 0 aliphatic rings. The minimum atomic E-state index is -0.738. The summed E-state index contributed by atoms with van der Waals surface area (Å²) in [5, 5.41) is 12.9. The van der Waals surface area contributed by atoms with Gasteiger partial charge in [-0.25, -0.2) is 4.39 Å². The Bertz CT molecular complexity index is 540. The van der Waals surface area contributed by atoms with Gasteiger partial charge < -0.3 is 10.6 Å². The van der Waals surface area contributed by atoms with Crippen LogP contribution < -0.4 is 10.6 Å². The zero-order valence-electron chi connectivity index (χ0n) is 9.38. The first-order valence-corrected chi connectivity index (χ1v) is 5.25. The lowest BCUT2D eigenvalue weighted by Gasteiger charge is -2.11. The van der Waals surface area contributed by atoms with Crippen LogP contribution in [0.15, 0.2) is 12.1 Å². The summed E-state index contributed by atoms with van der Waals surface area (Å²) >= 11 is 5.58. The van der Waals surface area contributed by atoms with Gasteiger partial charge >= 0.3 is 0 Å². The van der Waals surface area contributed by atoms with Gasteiger partial charge in [-0.05, 0) is 6.07 Å². The molecule has 94 valence electrons. The van der Waals surface area contributed by atoms with Gasteiger partial charge in [0.15, 0.2) is 0 Å². The van der Waals surface area contributed by atoms with Gasteiger partial charge in [0.25, 0.3) is 0 Å². The number of carbonyl (C=O) groups excluding carboxylic acids is 2. The van der Waals surface area contributed by atoms with Crippen molar-refractivity contribution in [3.8, 4) is 6.07 Å². The molecule has 0 spiro atoms. The molecule has 0 heterocycles. The molecule has 5 nitrogen and oxygen atoms in total. The van der Waals surface area contributed by atoms with Crippen molar-refractivity contribution < 1.29 is 14.0 Å². The zero-order valence-corrected chi connectivity index (χ0v) is 10.1. The van der Waals surface area contributed by atoms with Gasteiger partial charge in [0.1, 0.15) is 12.2 Å². The minimum Gasteiger partial charge on any atom is -0.324 e. The zero-order chi connectivity index (χ0) is 13.7. The van der Waals surface area contributed by atoms with Crippen molar-refractivity contribution in [1.82, 2.24) is 0 Å². The van der Waals surface area contributed by atoms with Crippen LogP contribution in [0, 0.1) is 17.1 Å². The fourth-order valence-electron chi connectivity index (χ4n) is 1.21. The average Bonchev–Trinajstić information content (AvgIpc) is 2.25. The number of hydrogen-bond donors (Lipinski definition) is 2. The van der Waals surface area contributed by atoms with Gasteiger partial charge in [0.2, 0.25) is 11.8 Å². The molecule has 1 aromatic rings. The second kappa shape index (κ2) is 5.98. The molecule has 7 heteroatoms. The number of nitrogens with zero attached hydrogens (tertiary/aromatic N) is 1. The summed E-state index contributed by atoms with van der Waals surface area (Å²) in [6.07, 6.45) is -0.371. The number of amides is 2. The van der Waals surface area contributed by atoms with Gasteiger partial charge in [-0.15, -0.1) is 0 Å². The highest BCUT2D eigenvalue weighted by Crippen LogP contribution is 2.28. The van der Waals surface area contributed by atoms with Gasteiger partial charge in [-0.3, -0.25) is 9.59 Å². The topological polar surface area (TPSA) is 82.0 Å². The fourth-order valence-corrected chi connectivity index (χ4v) is 1.37. The van der Waals surface area contributed by atoms with Crippen LogP contribution in [-0.2, 0) is 9.59 Å². The standard InChI is InChI=1S/C11H9ClFN3O2/c1-6(17)15-9-4-7(12)8(13)5-10(9)16-11(18)2-3-14/h4-5H,2H2,1H3,(H,15,17)(H,16,18). The first-order valence-electron chi connectivity index (χ1n) is 4.87.